The summed E-state index contributed by atoms with van der Waals surface area (Å²) in [6.45, 7) is 1.34. The number of piperidine rings is 1. The highest BCUT2D eigenvalue weighted by molar-refractivity contribution is 5.44. The lowest BCUT2D eigenvalue weighted by Gasteiger charge is -2.34. The predicted molar refractivity (Wildman–Crippen MR) is 80.0 cm³/mol. The summed E-state index contributed by atoms with van der Waals surface area (Å²) in [4.78, 5) is 11.1. The summed E-state index contributed by atoms with van der Waals surface area (Å²) >= 11 is 0. The highest BCUT2D eigenvalue weighted by Gasteiger charge is 2.28. The third-order valence-electron chi connectivity index (χ3n) is 3.80. The number of rotatable bonds is 4. The minimum atomic E-state index is 0.107. The number of nitriles is 1. The largest absolute Gasteiger partial charge is 0.377 e. The molecule has 0 aliphatic carbocycles. The smallest absolute Gasteiger partial charge is 0.173 e. The molecule has 7 heteroatoms. The van der Waals surface area contributed by atoms with Gasteiger partial charge in [0.25, 0.3) is 0 Å². The Morgan fingerprint density at radius 2 is 2.36 bits per heavy atom. The van der Waals surface area contributed by atoms with Gasteiger partial charge in [-0.25, -0.2) is 9.97 Å². The van der Waals surface area contributed by atoms with Gasteiger partial charge in [0.05, 0.1) is 11.6 Å². The first kappa shape index (κ1) is 14.5. The van der Waals surface area contributed by atoms with Crippen LogP contribution in [-0.4, -0.2) is 33.8 Å². The number of nitrogens with zero attached hydrogens (tertiary/aromatic N) is 5. The normalized spacial score (nSPS) is 18.2. The molecule has 1 saturated heterocycles. The third-order valence-corrected chi connectivity index (χ3v) is 3.80. The molecule has 0 amide bonds. The van der Waals surface area contributed by atoms with Gasteiger partial charge in [0.2, 0.25) is 0 Å². The van der Waals surface area contributed by atoms with E-state index in [0.717, 1.165) is 43.3 Å². The van der Waals surface area contributed by atoms with E-state index in [1.165, 1.54) is 0 Å². The molecule has 1 atom stereocenters. The molecular weight excluding hydrogens is 280 g/mol. The van der Waals surface area contributed by atoms with Crippen LogP contribution >= 0.6 is 0 Å². The number of methoxy groups -OCH3 is 1. The van der Waals surface area contributed by atoms with Crippen LogP contribution in [0.5, 0.6) is 0 Å². The fourth-order valence-corrected chi connectivity index (χ4v) is 2.76. The zero-order valence-corrected chi connectivity index (χ0v) is 12.5. The molecule has 7 nitrogen and oxygen atoms in total. The molecule has 1 aliphatic heterocycles. The Balaban J connectivity index is 1.85. The Kier molecular flexibility index (Phi) is 4.30. The van der Waals surface area contributed by atoms with Crippen molar-refractivity contribution in [3.8, 4) is 6.07 Å². The predicted octanol–water partition coefficient (Wildman–Crippen LogP) is 1.95. The van der Waals surface area contributed by atoms with Gasteiger partial charge in [0.15, 0.2) is 11.6 Å². The third kappa shape index (κ3) is 2.92. The van der Waals surface area contributed by atoms with E-state index in [4.69, 9.17) is 10.00 Å². The second kappa shape index (κ2) is 6.54. The van der Waals surface area contributed by atoms with E-state index in [9.17, 15) is 0 Å². The van der Waals surface area contributed by atoms with Gasteiger partial charge in [-0.1, -0.05) is 0 Å². The summed E-state index contributed by atoms with van der Waals surface area (Å²) < 4.78 is 5.08. The summed E-state index contributed by atoms with van der Waals surface area (Å²) in [5.41, 5.74) is 0.567. The van der Waals surface area contributed by atoms with Crippen LogP contribution in [0.1, 0.15) is 42.5 Å². The molecule has 1 aliphatic rings. The van der Waals surface area contributed by atoms with E-state index >= 15 is 0 Å². The van der Waals surface area contributed by atoms with Crippen LogP contribution in [0.25, 0.3) is 0 Å². The standard InChI is InChI=1S/C15H18N6O/c1-22-10-13-18-15(20-19-13)12-4-2-3-7-21(12)14-6-5-11(8-16)9-17-14/h5-6,9,12H,2-4,7,10H2,1H3,(H,18,19,20)/t12-/m1/s1. The molecule has 0 unspecified atom stereocenters. The van der Waals surface area contributed by atoms with Crippen LogP contribution < -0.4 is 4.90 Å². The molecule has 1 N–H and O–H groups in total. The highest BCUT2D eigenvalue weighted by Crippen LogP contribution is 2.32. The van der Waals surface area contributed by atoms with Crippen LogP contribution in [0.15, 0.2) is 18.3 Å². The van der Waals surface area contributed by atoms with Crippen molar-refractivity contribution in [3.63, 3.8) is 0 Å². The van der Waals surface area contributed by atoms with E-state index in [0.29, 0.717) is 12.2 Å². The second-order valence-corrected chi connectivity index (χ2v) is 5.30. The van der Waals surface area contributed by atoms with Gasteiger partial charge in [-0.05, 0) is 31.4 Å². The van der Waals surface area contributed by atoms with E-state index in [1.54, 1.807) is 19.4 Å². The zero-order valence-electron chi connectivity index (χ0n) is 12.5. The van der Waals surface area contributed by atoms with Crippen molar-refractivity contribution in [2.45, 2.75) is 31.9 Å². The topological polar surface area (TPSA) is 90.7 Å². The van der Waals surface area contributed by atoms with E-state index in [2.05, 4.69) is 31.1 Å². The lowest BCUT2D eigenvalue weighted by Crippen LogP contribution is -2.34. The Morgan fingerprint density at radius 1 is 1.45 bits per heavy atom. The van der Waals surface area contributed by atoms with Gasteiger partial charge in [-0.3, -0.25) is 5.10 Å². The monoisotopic (exact) mass is 298 g/mol. The Bertz CT molecular complexity index is 659. The molecule has 0 spiro atoms. The SMILES string of the molecule is COCc1nc([C@H]2CCCCN2c2ccc(C#N)cn2)n[nH]1. The number of hydrogen-bond acceptors (Lipinski definition) is 6. The first-order chi connectivity index (χ1) is 10.8. The number of aromatic nitrogens is 4. The average molecular weight is 298 g/mol. The molecule has 0 aromatic carbocycles. The van der Waals surface area contributed by atoms with Gasteiger partial charge >= 0.3 is 0 Å². The van der Waals surface area contributed by atoms with E-state index in [1.807, 2.05) is 6.07 Å². The van der Waals surface area contributed by atoms with Gasteiger partial charge < -0.3 is 9.64 Å². The summed E-state index contributed by atoms with van der Waals surface area (Å²) in [6.07, 6.45) is 4.86. The number of anilines is 1. The highest BCUT2D eigenvalue weighted by atomic mass is 16.5. The molecule has 3 rings (SSSR count). The lowest BCUT2D eigenvalue weighted by atomic mass is 10.0. The summed E-state index contributed by atoms with van der Waals surface area (Å²) in [5.74, 6) is 2.37. The van der Waals surface area contributed by atoms with Crippen molar-refractivity contribution in [1.82, 2.24) is 20.2 Å². The minimum absolute atomic E-state index is 0.107. The van der Waals surface area contributed by atoms with Gasteiger partial charge in [0.1, 0.15) is 18.5 Å². The Morgan fingerprint density at radius 3 is 3.09 bits per heavy atom. The molecule has 3 heterocycles. The first-order valence-electron chi connectivity index (χ1n) is 7.34. The number of nitrogens with one attached hydrogen (secondary N) is 1. The van der Waals surface area contributed by atoms with E-state index in [-0.39, 0.29) is 6.04 Å². The maximum Gasteiger partial charge on any atom is 0.173 e. The molecular formula is C15H18N6O. The number of ether oxygens (including phenoxy) is 1. The minimum Gasteiger partial charge on any atom is -0.377 e. The molecule has 22 heavy (non-hydrogen) atoms. The molecule has 114 valence electrons. The van der Waals surface area contributed by atoms with Crippen LogP contribution in [0.3, 0.4) is 0 Å². The molecule has 0 saturated carbocycles. The molecule has 0 radical (unpaired) electrons. The second-order valence-electron chi connectivity index (χ2n) is 5.30. The van der Waals surface area contributed by atoms with Crippen LogP contribution in [0.4, 0.5) is 5.82 Å². The molecule has 0 bridgehead atoms. The fourth-order valence-electron chi connectivity index (χ4n) is 2.76. The van der Waals surface area contributed by atoms with Crippen molar-refractivity contribution < 1.29 is 4.74 Å². The maximum absolute atomic E-state index is 8.88. The van der Waals surface area contributed by atoms with Crippen molar-refractivity contribution in [2.75, 3.05) is 18.6 Å². The van der Waals surface area contributed by atoms with Crippen molar-refractivity contribution in [2.24, 2.45) is 0 Å². The van der Waals surface area contributed by atoms with Crippen molar-refractivity contribution >= 4 is 5.82 Å². The zero-order chi connectivity index (χ0) is 15.4. The Labute approximate surface area is 129 Å². The van der Waals surface area contributed by atoms with Crippen LogP contribution in [0.2, 0.25) is 0 Å². The Hall–Kier alpha value is -2.46. The number of H-pyrrole nitrogens is 1. The van der Waals surface area contributed by atoms with Gasteiger partial charge in [0, 0.05) is 19.9 Å². The summed E-state index contributed by atoms with van der Waals surface area (Å²) in [6, 6.07) is 5.88. The first-order valence-corrected chi connectivity index (χ1v) is 7.34. The van der Waals surface area contributed by atoms with Crippen LogP contribution in [-0.2, 0) is 11.3 Å². The average Bonchev–Trinajstić information content (AvgIpc) is 3.04. The van der Waals surface area contributed by atoms with Gasteiger partial charge in [-0.15, -0.1) is 0 Å². The van der Waals surface area contributed by atoms with Crippen molar-refractivity contribution in [3.05, 3.63) is 35.5 Å². The fraction of sp³-hybridized carbons (Fsp3) is 0.467. The molecule has 2 aromatic rings. The maximum atomic E-state index is 8.88. The number of pyridine rings is 1. The van der Waals surface area contributed by atoms with E-state index < -0.39 is 0 Å². The molecule has 2 aromatic heterocycles. The van der Waals surface area contributed by atoms with Crippen molar-refractivity contribution in [1.29, 1.82) is 5.26 Å². The molecule has 1 fully saturated rings. The number of hydrogen-bond donors (Lipinski definition) is 1. The summed E-state index contributed by atoms with van der Waals surface area (Å²) in [7, 11) is 1.63. The number of aromatic amines is 1. The lowest BCUT2D eigenvalue weighted by molar-refractivity contribution is 0.178. The quantitative estimate of drug-likeness (QED) is 0.927. The van der Waals surface area contributed by atoms with Crippen LogP contribution in [0, 0.1) is 11.3 Å². The summed E-state index contributed by atoms with van der Waals surface area (Å²) in [5, 5.41) is 16.1. The van der Waals surface area contributed by atoms with Gasteiger partial charge in [-0.2, -0.15) is 10.4 Å².